The van der Waals surface area contributed by atoms with Crippen LogP contribution >= 0.6 is 0 Å². The standard InChI is InChI=1S/C19H16O5/c1-2-18(20)23-14-8-13-22-17-12-7-6-11-16(17)19(21)24-15-9-4-3-5-10-15/h2-12,14H,1,13H2. The highest BCUT2D eigenvalue weighted by Crippen LogP contribution is 2.20. The predicted molar refractivity (Wildman–Crippen MR) is 88.8 cm³/mol. The van der Waals surface area contributed by atoms with E-state index in [0.29, 0.717) is 17.1 Å². The van der Waals surface area contributed by atoms with Gasteiger partial charge in [0.15, 0.2) is 0 Å². The number of esters is 2. The molecule has 0 aliphatic carbocycles. The van der Waals surface area contributed by atoms with Crippen molar-refractivity contribution in [2.45, 2.75) is 0 Å². The third-order valence-electron chi connectivity index (χ3n) is 2.84. The van der Waals surface area contributed by atoms with Gasteiger partial charge in [-0.15, -0.1) is 0 Å². The smallest absolute Gasteiger partial charge is 0.347 e. The highest BCUT2D eigenvalue weighted by molar-refractivity contribution is 5.94. The van der Waals surface area contributed by atoms with E-state index in [1.54, 1.807) is 48.5 Å². The molecule has 0 unspecified atom stereocenters. The SMILES string of the molecule is C=CC(=O)OC=CCOc1ccccc1C(=O)Oc1ccccc1. The summed E-state index contributed by atoms with van der Waals surface area (Å²) in [4.78, 5) is 23.1. The molecule has 122 valence electrons. The Kier molecular flexibility index (Phi) is 6.35. The average molecular weight is 324 g/mol. The highest BCUT2D eigenvalue weighted by Gasteiger charge is 2.14. The maximum atomic E-state index is 12.3. The molecule has 0 aliphatic heterocycles. The van der Waals surface area contributed by atoms with Crippen molar-refractivity contribution in [3.8, 4) is 11.5 Å². The molecule has 0 saturated heterocycles. The molecule has 0 aromatic heterocycles. The predicted octanol–water partition coefficient (Wildman–Crippen LogP) is 3.53. The molecule has 0 aliphatic rings. The zero-order valence-electron chi connectivity index (χ0n) is 12.9. The van der Waals surface area contributed by atoms with E-state index in [1.807, 2.05) is 6.07 Å². The lowest BCUT2D eigenvalue weighted by atomic mass is 10.2. The van der Waals surface area contributed by atoms with Gasteiger partial charge in [-0.1, -0.05) is 36.9 Å². The van der Waals surface area contributed by atoms with Crippen LogP contribution < -0.4 is 9.47 Å². The molecule has 0 radical (unpaired) electrons. The number of carbonyl (C=O) groups excluding carboxylic acids is 2. The molecular formula is C19H16O5. The van der Waals surface area contributed by atoms with Gasteiger partial charge in [0.2, 0.25) is 0 Å². The molecule has 5 nitrogen and oxygen atoms in total. The van der Waals surface area contributed by atoms with Crippen molar-refractivity contribution in [2.75, 3.05) is 6.61 Å². The Morgan fingerprint density at radius 1 is 1.00 bits per heavy atom. The van der Waals surface area contributed by atoms with Gasteiger partial charge in [0.25, 0.3) is 0 Å². The molecule has 0 amide bonds. The van der Waals surface area contributed by atoms with Gasteiger partial charge < -0.3 is 14.2 Å². The van der Waals surface area contributed by atoms with E-state index in [1.165, 1.54) is 12.3 Å². The molecule has 2 rings (SSSR count). The quantitative estimate of drug-likeness (QED) is 0.337. The number of para-hydroxylation sites is 2. The zero-order chi connectivity index (χ0) is 17.2. The molecule has 5 heteroatoms. The minimum absolute atomic E-state index is 0.125. The van der Waals surface area contributed by atoms with Gasteiger partial charge in [0, 0.05) is 6.08 Å². The summed E-state index contributed by atoms with van der Waals surface area (Å²) in [6.07, 6.45) is 3.76. The van der Waals surface area contributed by atoms with E-state index in [0.717, 1.165) is 6.08 Å². The van der Waals surface area contributed by atoms with Crippen LogP contribution in [-0.4, -0.2) is 18.5 Å². The zero-order valence-corrected chi connectivity index (χ0v) is 12.9. The first-order valence-electron chi connectivity index (χ1n) is 7.18. The molecule has 0 atom stereocenters. The summed E-state index contributed by atoms with van der Waals surface area (Å²) in [6.45, 7) is 3.41. The van der Waals surface area contributed by atoms with Gasteiger partial charge >= 0.3 is 11.9 Å². The summed E-state index contributed by atoms with van der Waals surface area (Å²) in [7, 11) is 0. The lowest BCUT2D eigenvalue weighted by molar-refractivity contribution is -0.132. The largest absolute Gasteiger partial charge is 0.489 e. The van der Waals surface area contributed by atoms with Crippen LogP contribution in [-0.2, 0) is 9.53 Å². The van der Waals surface area contributed by atoms with Crippen molar-refractivity contribution >= 4 is 11.9 Å². The van der Waals surface area contributed by atoms with Crippen LogP contribution in [0.1, 0.15) is 10.4 Å². The fourth-order valence-electron chi connectivity index (χ4n) is 1.75. The number of carbonyl (C=O) groups is 2. The highest BCUT2D eigenvalue weighted by atomic mass is 16.5. The molecule has 0 bridgehead atoms. The maximum Gasteiger partial charge on any atom is 0.347 e. The maximum absolute atomic E-state index is 12.3. The van der Waals surface area contributed by atoms with Crippen LogP contribution in [0.5, 0.6) is 11.5 Å². The van der Waals surface area contributed by atoms with Crippen molar-refractivity contribution in [3.05, 3.63) is 85.2 Å². The minimum Gasteiger partial charge on any atom is -0.489 e. The Morgan fingerprint density at radius 3 is 2.46 bits per heavy atom. The summed E-state index contributed by atoms with van der Waals surface area (Å²) in [5, 5.41) is 0. The van der Waals surface area contributed by atoms with E-state index in [2.05, 4.69) is 11.3 Å². The van der Waals surface area contributed by atoms with Gasteiger partial charge in [-0.05, 0) is 30.3 Å². The fourth-order valence-corrected chi connectivity index (χ4v) is 1.75. The Bertz CT molecular complexity index is 734. The Hall–Kier alpha value is -3.34. The van der Waals surface area contributed by atoms with Crippen molar-refractivity contribution in [3.63, 3.8) is 0 Å². The van der Waals surface area contributed by atoms with Crippen LogP contribution in [0.4, 0.5) is 0 Å². The van der Waals surface area contributed by atoms with Crippen LogP contribution in [0, 0.1) is 0 Å². The molecule has 0 heterocycles. The summed E-state index contributed by atoms with van der Waals surface area (Å²) < 4.78 is 15.5. The Morgan fingerprint density at radius 2 is 1.71 bits per heavy atom. The van der Waals surface area contributed by atoms with Gasteiger partial charge in [-0.3, -0.25) is 0 Å². The number of rotatable bonds is 7. The number of hydrogen-bond acceptors (Lipinski definition) is 5. The van der Waals surface area contributed by atoms with E-state index in [4.69, 9.17) is 9.47 Å². The van der Waals surface area contributed by atoms with Crippen molar-refractivity contribution < 1.29 is 23.8 Å². The van der Waals surface area contributed by atoms with Crippen LogP contribution in [0.3, 0.4) is 0 Å². The first-order chi connectivity index (χ1) is 11.7. The third kappa shape index (κ3) is 5.14. The molecular weight excluding hydrogens is 308 g/mol. The summed E-state index contributed by atoms with van der Waals surface area (Å²) in [6, 6.07) is 15.5. The van der Waals surface area contributed by atoms with Gasteiger partial charge in [-0.2, -0.15) is 0 Å². The molecule has 0 N–H and O–H groups in total. The Balaban J connectivity index is 1.98. The second-order valence-electron chi connectivity index (χ2n) is 4.52. The summed E-state index contributed by atoms with van der Waals surface area (Å²) >= 11 is 0. The lowest BCUT2D eigenvalue weighted by Gasteiger charge is -2.09. The Labute approximate surface area is 139 Å². The average Bonchev–Trinajstić information content (AvgIpc) is 2.62. The monoisotopic (exact) mass is 324 g/mol. The molecule has 0 fully saturated rings. The topological polar surface area (TPSA) is 61.8 Å². The van der Waals surface area contributed by atoms with Crippen LogP contribution in [0.2, 0.25) is 0 Å². The molecule has 2 aromatic carbocycles. The minimum atomic E-state index is -0.557. The van der Waals surface area contributed by atoms with Crippen molar-refractivity contribution in [1.82, 2.24) is 0 Å². The van der Waals surface area contributed by atoms with E-state index in [-0.39, 0.29) is 6.61 Å². The van der Waals surface area contributed by atoms with Gasteiger partial charge in [0.1, 0.15) is 23.7 Å². The van der Waals surface area contributed by atoms with E-state index >= 15 is 0 Å². The first kappa shape index (κ1) is 17.0. The van der Waals surface area contributed by atoms with Crippen molar-refractivity contribution in [1.29, 1.82) is 0 Å². The molecule has 2 aromatic rings. The van der Waals surface area contributed by atoms with Crippen LogP contribution in [0.15, 0.2) is 79.6 Å². The summed E-state index contributed by atoms with van der Waals surface area (Å²) in [5.74, 6) is -0.247. The van der Waals surface area contributed by atoms with Crippen LogP contribution in [0.25, 0.3) is 0 Å². The second kappa shape index (κ2) is 8.95. The molecule has 24 heavy (non-hydrogen) atoms. The van der Waals surface area contributed by atoms with E-state index < -0.39 is 11.9 Å². The number of ether oxygens (including phenoxy) is 3. The van der Waals surface area contributed by atoms with Crippen molar-refractivity contribution in [2.24, 2.45) is 0 Å². The summed E-state index contributed by atoms with van der Waals surface area (Å²) in [5.41, 5.74) is 0.304. The molecule has 0 spiro atoms. The second-order valence-corrected chi connectivity index (χ2v) is 4.52. The normalized spacial score (nSPS) is 10.2. The lowest BCUT2D eigenvalue weighted by Crippen LogP contribution is -2.11. The van der Waals surface area contributed by atoms with Gasteiger partial charge in [-0.25, -0.2) is 9.59 Å². The van der Waals surface area contributed by atoms with Gasteiger partial charge in [0.05, 0.1) is 6.26 Å². The number of hydrogen-bond donors (Lipinski definition) is 0. The van der Waals surface area contributed by atoms with E-state index in [9.17, 15) is 9.59 Å². The third-order valence-corrected chi connectivity index (χ3v) is 2.84. The molecule has 0 saturated carbocycles. The fraction of sp³-hybridized carbons (Fsp3) is 0.0526. The first-order valence-corrected chi connectivity index (χ1v) is 7.18. The number of benzene rings is 2.